The molecule has 1 aromatic rings. The Labute approximate surface area is 134 Å². The number of nitrogens with zero attached hydrogens (tertiary/aromatic N) is 3. The molecule has 0 atom stereocenters. The second-order valence-electron chi connectivity index (χ2n) is 7.36. The lowest BCUT2D eigenvalue weighted by Gasteiger charge is -2.25. The molecular formula is C16H32N4S. The van der Waals surface area contributed by atoms with E-state index in [2.05, 4.69) is 68.8 Å². The van der Waals surface area contributed by atoms with Crippen molar-refractivity contribution in [2.45, 2.75) is 46.7 Å². The predicted molar refractivity (Wildman–Crippen MR) is 94.3 cm³/mol. The van der Waals surface area contributed by atoms with Crippen LogP contribution in [0.2, 0.25) is 0 Å². The minimum Gasteiger partial charge on any atom is -0.347 e. The standard InChI is InChI=1S/C16H32N4S/c1-13(2)12-20(9-8-19(6)7)15-17-10-14(21-15)11-18-16(3,4)5/h10,13,18H,8-9,11-12H2,1-7H3. The summed E-state index contributed by atoms with van der Waals surface area (Å²) < 4.78 is 0. The zero-order valence-electron chi connectivity index (χ0n) is 14.7. The highest BCUT2D eigenvalue weighted by Gasteiger charge is 2.14. The van der Waals surface area contributed by atoms with E-state index in [9.17, 15) is 0 Å². The van der Waals surface area contributed by atoms with E-state index in [1.165, 1.54) is 4.88 Å². The number of hydrogen-bond acceptors (Lipinski definition) is 5. The SMILES string of the molecule is CC(C)CN(CCN(C)C)c1ncc(CNC(C)(C)C)s1. The van der Waals surface area contributed by atoms with Gasteiger partial charge in [0.15, 0.2) is 5.13 Å². The maximum atomic E-state index is 4.63. The summed E-state index contributed by atoms with van der Waals surface area (Å²) in [4.78, 5) is 10.6. The molecule has 122 valence electrons. The largest absolute Gasteiger partial charge is 0.347 e. The maximum absolute atomic E-state index is 4.63. The van der Waals surface area contributed by atoms with E-state index in [1.807, 2.05) is 17.5 Å². The van der Waals surface area contributed by atoms with Crippen LogP contribution in [-0.4, -0.2) is 49.2 Å². The van der Waals surface area contributed by atoms with Crippen LogP contribution in [0.1, 0.15) is 39.5 Å². The highest BCUT2D eigenvalue weighted by atomic mass is 32.1. The van der Waals surface area contributed by atoms with E-state index in [0.717, 1.165) is 31.3 Å². The zero-order valence-corrected chi connectivity index (χ0v) is 15.5. The van der Waals surface area contributed by atoms with Gasteiger partial charge >= 0.3 is 0 Å². The molecule has 0 radical (unpaired) electrons. The second-order valence-corrected chi connectivity index (χ2v) is 8.45. The smallest absolute Gasteiger partial charge is 0.185 e. The van der Waals surface area contributed by atoms with E-state index in [0.29, 0.717) is 5.92 Å². The average molecular weight is 313 g/mol. The van der Waals surface area contributed by atoms with Crippen molar-refractivity contribution in [2.75, 3.05) is 38.6 Å². The van der Waals surface area contributed by atoms with Gasteiger partial charge in [-0.25, -0.2) is 4.98 Å². The summed E-state index contributed by atoms with van der Waals surface area (Å²) in [5, 5.41) is 4.67. The summed E-state index contributed by atoms with van der Waals surface area (Å²) in [5.74, 6) is 0.646. The van der Waals surface area contributed by atoms with E-state index in [4.69, 9.17) is 0 Å². The molecule has 0 aliphatic carbocycles. The van der Waals surface area contributed by atoms with Crippen LogP contribution < -0.4 is 10.2 Å². The van der Waals surface area contributed by atoms with Gasteiger partial charge in [0.25, 0.3) is 0 Å². The maximum Gasteiger partial charge on any atom is 0.185 e. The van der Waals surface area contributed by atoms with Crippen LogP contribution in [-0.2, 0) is 6.54 Å². The van der Waals surface area contributed by atoms with Crippen molar-refractivity contribution in [3.8, 4) is 0 Å². The number of rotatable bonds is 8. The van der Waals surface area contributed by atoms with Crippen molar-refractivity contribution < 1.29 is 0 Å². The van der Waals surface area contributed by atoms with Gasteiger partial charge in [-0.1, -0.05) is 13.8 Å². The Balaban J connectivity index is 2.67. The van der Waals surface area contributed by atoms with Crippen molar-refractivity contribution in [3.63, 3.8) is 0 Å². The monoisotopic (exact) mass is 312 g/mol. The number of thiazole rings is 1. The molecular weight excluding hydrogens is 280 g/mol. The van der Waals surface area contributed by atoms with Crippen LogP contribution in [0.5, 0.6) is 0 Å². The van der Waals surface area contributed by atoms with Gasteiger partial charge in [0.2, 0.25) is 0 Å². The van der Waals surface area contributed by atoms with Crippen molar-refractivity contribution in [2.24, 2.45) is 5.92 Å². The lowest BCUT2D eigenvalue weighted by atomic mass is 10.1. The molecule has 0 spiro atoms. The third kappa shape index (κ3) is 7.79. The molecule has 1 heterocycles. The Morgan fingerprint density at radius 1 is 1.24 bits per heavy atom. The minimum atomic E-state index is 0.146. The molecule has 0 saturated heterocycles. The number of likely N-dealkylation sites (N-methyl/N-ethyl adjacent to an activating group) is 1. The zero-order chi connectivity index (χ0) is 16.0. The van der Waals surface area contributed by atoms with Crippen molar-refractivity contribution in [1.29, 1.82) is 0 Å². The Bertz CT molecular complexity index is 407. The summed E-state index contributed by atoms with van der Waals surface area (Å²) >= 11 is 1.81. The Kier molecular flexibility index (Phi) is 7.10. The number of aromatic nitrogens is 1. The molecule has 1 N–H and O–H groups in total. The van der Waals surface area contributed by atoms with Crippen LogP contribution in [0.15, 0.2) is 6.20 Å². The number of anilines is 1. The Hall–Kier alpha value is -0.650. The van der Waals surface area contributed by atoms with Crippen LogP contribution in [0.4, 0.5) is 5.13 Å². The van der Waals surface area contributed by atoms with Crippen molar-refractivity contribution >= 4 is 16.5 Å². The molecule has 21 heavy (non-hydrogen) atoms. The first-order valence-corrected chi connectivity index (χ1v) is 8.58. The first kappa shape index (κ1) is 18.4. The van der Waals surface area contributed by atoms with Gasteiger partial charge in [-0.2, -0.15) is 0 Å². The molecule has 5 heteroatoms. The van der Waals surface area contributed by atoms with Crippen LogP contribution in [0.25, 0.3) is 0 Å². The molecule has 0 aromatic carbocycles. The summed E-state index contributed by atoms with van der Waals surface area (Å²) in [7, 11) is 4.24. The third-order valence-corrected chi connectivity index (χ3v) is 4.07. The average Bonchev–Trinajstić information content (AvgIpc) is 2.79. The van der Waals surface area contributed by atoms with Gasteiger partial charge in [-0.15, -0.1) is 11.3 Å². The second kappa shape index (κ2) is 8.11. The summed E-state index contributed by atoms with van der Waals surface area (Å²) in [6.07, 6.45) is 2.02. The fraction of sp³-hybridized carbons (Fsp3) is 0.812. The molecule has 0 fully saturated rings. The molecule has 4 nitrogen and oxygen atoms in total. The number of nitrogens with one attached hydrogen (secondary N) is 1. The van der Waals surface area contributed by atoms with Crippen molar-refractivity contribution in [3.05, 3.63) is 11.1 Å². The van der Waals surface area contributed by atoms with Crippen LogP contribution in [0.3, 0.4) is 0 Å². The summed E-state index contributed by atoms with van der Waals surface area (Å²) in [6.45, 7) is 15.1. The molecule has 0 amide bonds. The van der Waals surface area contributed by atoms with E-state index in [-0.39, 0.29) is 5.54 Å². The first-order chi connectivity index (χ1) is 9.67. The van der Waals surface area contributed by atoms with E-state index in [1.54, 1.807) is 0 Å². The molecule has 1 rings (SSSR count). The minimum absolute atomic E-state index is 0.146. The Morgan fingerprint density at radius 2 is 1.90 bits per heavy atom. The highest BCUT2D eigenvalue weighted by Crippen LogP contribution is 2.23. The van der Waals surface area contributed by atoms with Gasteiger partial charge < -0.3 is 15.1 Å². The predicted octanol–water partition coefficient (Wildman–Crippen LogP) is 3.06. The van der Waals surface area contributed by atoms with E-state index < -0.39 is 0 Å². The molecule has 0 saturated carbocycles. The summed E-state index contributed by atoms with van der Waals surface area (Å²) in [6, 6.07) is 0. The van der Waals surface area contributed by atoms with Crippen LogP contribution >= 0.6 is 11.3 Å². The van der Waals surface area contributed by atoms with Gasteiger partial charge in [-0.05, 0) is 40.8 Å². The Morgan fingerprint density at radius 3 is 2.43 bits per heavy atom. The molecule has 0 bridgehead atoms. The third-order valence-electron chi connectivity index (χ3n) is 3.01. The molecule has 0 aliphatic heterocycles. The first-order valence-electron chi connectivity index (χ1n) is 7.77. The lowest BCUT2D eigenvalue weighted by molar-refractivity contribution is 0.409. The highest BCUT2D eigenvalue weighted by molar-refractivity contribution is 7.15. The quantitative estimate of drug-likeness (QED) is 0.799. The molecule has 0 aliphatic rings. The fourth-order valence-electron chi connectivity index (χ4n) is 1.90. The van der Waals surface area contributed by atoms with Gasteiger partial charge in [0.05, 0.1) is 0 Å². The van der Waals surface area contributed by atoms with Gasteiger partial charge in [0, 0.05) is 42.8 Å². The van der Waals surface area contributed by atoms with Gasteiger partial charge in [-0.3, -0.25) is 0 Å². The van der Waals surface area contributed by atoms with Crippen LogP contribution in [0, 0.1) is 5.92 Å². The molecule has 0 unspecified atom stereocenters. The number of hydrogen-bond donors (Lipinski definition) is 1. The summed E-state index contributed by atoms with van der Waals surface area (Å²) in [5.41, 5.74) is 0.146. The van der Waals surface area contributed by atoms with Gasteiger partial charge in [0.1, 0.15) is 0 Å². The topological polar surface area (TPSA) is 31.4 Å². The van der Waals surface area contributed by atoms with Crippen molar-refractivity contribution in [1.82, 2.24) is 15.2 Å². The fourth-order valence-corrected chi connectivity index (χ4v) is 2.79. The normalized spacial score (nSPS) is 12.4. The van der Waals surface area contributed by atoms with E-state index >= 15 is 0 Å². The molecule has 1 aromatic heterocycles. The lowest BCUT2D eigenvalue weighted by Crippen LogP contribution is -2.34.